The maximum absolute atomic E-state index is 12.7. The molecule has 1 saturated heterocycles. The number of ether oxygens (including phenoxy) is 2. The molecule has 160 valence electrons. The number of nitrogens with zero attached hydrogens (tertiary/aromatic N) is 3. The number of piperidine rings is 1. The van der Waals surface area contributed by atoms with Crippen LogP contribution in [-0.2, 0) is 4.79 Å². The maximum atomic E-state index is 12.7. The fraction of sp³-hybridized carbons (Fsp3) is 0.318. The van der Waals surface area contributed by atoms with Crippen molar-refractivity contribution in [3.8, 4) is 29.2 Å². The minimum atomic E-state index is -0.151. The third-order valence-electron chi connectivity index (χ3n) is 5.25. The van der Waals surface area contributed by atoms with E-state index in [1.807, 2.05) is 4.90 Å². The molecule has 0 atom stereocenters. The SMILES string of the molecule is COc1ccc(NC(=O)C2CCN(c3oc(-c4ccco4)nc3C#N)CC2)cc1OC. The summed E-state index contributed by atoms with van der Waals surface area (Å²) >= 11 is 0. The second kappa shape index (κ2) is 8.83. The number of nitrogens with one attached hydrogen (secondary N) is 1. The molecular weight excluding hydrogens is 400 g/mol. The summed E-state index contributed by atoms with van der Waals surface area (Å²) in [6, 6.07) is 10.8. The molecule has 3 heterocycles. The number of carbonyl (C=O) groups excluding carboxylic acids is 1. The van der Waals surface area contributed by atoms with Crippen LogP contribution in [0.25, 0.3) is 11.7 Å². The molecule has 2 aromatic heterocycles. The highest BCUT2D eigenvalue weighted by molar-refractivity contribution is 5.93. The molecule has 0 spiro atoms. The number of amides is 1. The number of oxazole rings is 1. The van der Waals surface area contributed by atoms with Crippen molar-refractivity contribution in [1.29, 1.82) is 5.26 Å². The highest BCUT2D eigenvalue weighted by atomic mass is 16.5. The number of carbonyl (C=O) groups is 1. The summed E-state index contributed by atoms with van der Waals surface area (Å²) in [7, 11) is 3.11. The zero-order valence-electron chi connectivity index (χ0n) is 17.3. The Hall–Kier alpha value is -3.93. The van der Waals surface area contributed by atoms with Crippen LogP contribution in [0, 0.1) is 17.2 Å². The molecule has 1 aliphatic rings. The molecule has 1 amide bonds. The first kappa shape index (κ1) is 20.3. The van der Waals surface area contributed by atoms with Crippen LogP contribution in [0.2, 0.25) is 0 Å². The van der Waals surface area contributed by atoms with Crippen LogP contribution >= 0.6 is 0 Å². The minimum Gasteiger partial charge on any atom is -0.493 e. The van der Waals surface area contributed by atoms with Gasteiger partial charge in [-0.3, -0.25) is 4.79 Å². The van der Waals surface area contributed by atoms with E-state index in [4.69, 9.17) is 18.3 Å². The van der Waals surface area contributed by atoms with Gasteiger partial charge >= 0.3 is 0 Å². The summed E-state index contributed by atoms with van der Waals surface area (Å²) in [6.07, 6.45) is 2.77. The standard InChI is InChI=1S/C22H22N4O5/c1-28-17-6-5-15(12-19(17)29-2)24-20(27)14-7-9-26(10-8-14)22-16(13-23)25-21(31-22)18-4-3-11-30-18/h3-6,11-12,14H,7-10H2,1-2H3,(H,24,27). The number of benzene rings is 1. The maximum Gasteiger partial charge on any atom is 0.266 e. The molecule has 9 nitrogen and oxygen atoms in total. The molecule has 9 heteroatoms. The van der Waals surface area contributed by atoms with E-state index in [-0.39, 0.29) is 23.4 Å². The Bertz CT molecular complexity index is 1090. The summed E-state index contributed by atoms with van der Waals surface area (Å²) < 4.78 is 21.6. The Labute approximate surface area is 179 Å². The molecule has 0 aliphatic carbocycles. The molecule has 0 saturated carbocycles. The quantitative estimate of drug-likeness (QED) is 0.640. The molecule has 1 N–H and O–H groups in total. The molecule has 31 heavy (non-hydrogen) atoms. The summed E-state index contributed by atoms with van der Waals surface area (Å²) in [5.41, 5.74) is 0.856. The molecular formula is C22H22N4O5. The lowest BCUT2D eigenvalue weighted by Crippen LogP contribution is -2.38. The second-order valence-electron chi connectivity index (χ2n) is 7.08. The summed E-state index contributed by atoms with van der Waals surface area (Å²) in [5.74, 6) is 2.09. The van der Waals surface area contributed by atoms with Gasteiger partial charge in [-0.2, -0.15) is 10.2 Å². The number of rotatable bonds is 6. The van der Waals surface area contributed by atoms with Gasteiger partial charge in [0.25, 0.3) is 5.89 Å². The fourth-order valence-electron chi connectivity index (χ4n) is 3.61. The van der Waals surface area contributed by atoms with E-state index >= 15 is 0 Å². The van der Waals surface area contributed by atoms with Gasteiger partial charge in [-0.25, -0.2) is 0 Å². The molecule has 1 aromatic carbocycles. The van der Waals surface area contributed by atoms with E-state index in [1.54, 1.807) is 44.6 Å². The van der Waals surface area contributed by atoms with Crippen molar-refractivity contribution < 1.29 is 23.1 Å². The zero-order valence-corrected chi connectivity index (χ0v) is 17.3. The van der Waals surface area contributed by atoms with Gasteiger partial charge in [-0.1, -0.05) is 0 Å². The zero-order chi connectivity index (χ0) is 21.8. The van der Waals surface area contributed by atoms with Crippen molar-refractivity contribution in [2.24, 2.45) is 5.92 Å². The van der Waals surface area contributed by atoms with Crippen LogP contribution in [0.3, 0.4) is 0 Å². The predicted molar refractivity (Wildman–Crippen MR) is 112 cm³/mol. The second-order valence-corrected chi connectivity index (χ2v) is 7.08. The van der Waals surface area contributed by atoms with Crippen LogP contribution in [0.15, 0.2) is 45.4 Å². The van der Waals surface area contributed by atoms with Gasteiger partial charge in [-0.15, -0.1) is 0 Å². The van der Waals surface area contributed by atoms with Crippen molar-refractivity contribution in [2.45, 2.75) is 12.8 Å². The molecule has 4 rings (SSSR count). The molecule has 0 unspecified atom stereocenters. The summed E-state index contributed by atoms with van der Waals surface area (Å²) in [4.78, 5) is 18.9. The van der Waals surface area contributed by atoms with E-state index in [2.05, 4.69) is 16.4 Å². The van der Waals surface area contributed by atoms with Crippen molar-refractivity contribution in [3.05, 3.63) is 42.3 Å². The van der Waals surface area contributed by atoms with Gasteiger partial charge in [0.05, 0.1) is 20.5 Å². The van der Waals surface area contributed by atoms with E-state index in [0.29, 0.717) is 54.8 Å². The average molecular weight is 422 g/mol. The number of nitriles is 1. The van der Waals surface area contributed by atoms with E-state index in [1.165, 1.54) is 6.26 Å². The van der Waals surface area contributed by atoms with Crippen molar-refractivity contribution in [1.82, 2.24) is 4.98 Å². The monoisotopic (exact) mass is 422 g/mol. The smallest absolute Gasteiger partial charge is 0.266 e. The number of hydrogen-bond acceptors (Lipinski definition) is 8. The number of anilines is 2. The lowest BCUT2D eigenvalue weighted by Gasteiger charge is -2.31. The van der Waals surface area contributed by atoms with Gasteiger partial charge in [0, 0.05) is 30.8 Å². The largest absolute Gasteiger partial charge is 0.493 e. The van der Waals surface area contributed by atoms with Crippen LogP contribution in [0.4, 0.5) is 11.6 Å². The van der Waals surface area contributed by atoms with Gasteiger partial charge in [0.15, 0.2) is 17.3 Å². The number of methoxy groups -OCH3 is 2. The average Bonchev–Trinajstić information content (AvgIpc) is 3.49. The van der Waals surface area contributed by atoms with Gasteiger partial charge in [0.1, 0.15) is 6.07 Å². The van der Waals surface area contributed by atoms with E-state index in [9.17, 15) is 10.1 Å². The normalized spacial score (nSPS) is 14.2. The first-order valence-electron chi connectivity index (χ1n) is 9.85. The Morgan fingerprint density at radius 1 is 1.23 bits per heavy atom. The summed E-state index contributed by atoms with van der Waals surface area (Å²) in [6.45, 7) is 1.15. The third-order valence-corrected chi connectivity index (χ3v) is 5.25. The highest BCUT2D eigenvalue weighted by Crippen LogP contribution is 2.33. The van der Waals surface area contributed by atoms with Crippen molar-refractivity contribution in [2.75, 3.05) is 37.5 Å². The molecule has 0 bridgehead atoms. The molecule has 3 aromatic rings. The Morgan fingerprint density at radius 2 is 2.00 bits per heavy atom. The Morgan fingerprint density at radius 3 is 2.65 bits per heavy atom. The van der Waals surface area contributed by atoms with E-state index in [0.717, 1.165) is 0 Å². The highest BCUT2D eigenvalue weighted by Gasteiger charge is 2.29. The first-order valence-corrected chi connectivity index (χ1v) is 9.85. The molecule has 1 aliphatic heterocycles. The van der Waals surface area contributed by atoms with Crippen LogP contribution in [-0.4, -0.2) is 38.2 Å². The lowest BCUT2D eigenvalue weighted by molar-refractivity contribution is -0.120. The predicted octanol–water partition coefficient (Wildman–Crippen LogP) is 3.68. The molecule has 1 fully saturated rings. The van der Waals surface area contributed by atoms with Gasteiger partial charge in [0.2, 0.25) is 17.5 Å². The minimum absolute atomic E-state index is 0.0544. The number of aromatic nitrogens is 1. The third kappa shape index (κ3) is 4.19. The van der Waals surface area contributed by atoms with Crippen LogP contribution < -0.4 is 19.7 Å². The summed E-state index contributed by atoms with van der Waals surface area (Å²) in [5, 5.41) is 12.4. The number of furan rings is 1. The fourth-order valence-corrected chi connectivity index (χ4v) is 3.61. The van der Waals surface area contributed by atoms with E-state index < -0.39 is 0 Å². The molecule has 0 radical (unpaired) electrons. The lowest BCUT2D eigenvalue weighted by atomic mass is 9.96. The van der Waals surface area contributed by atoms with Crippen molar-refractivity contribution in [3.63, 3.8) is 0 Å². The van der Waals surface area contributed by atoms with Gasteiger partial charge < -0.3 is 28.5 Å². The first-order chi connectivity index (χ1) is 15.1. The van der Waals surface area contributed by atoms with Crippen LogP contribution in [0.5, 0.6) is 11.5 Å². The Kier molecular flexibility index (Phi) is 5.80. The van der Waals surface area contributed by atoms with Crippen LogP contribution in [0.1, 0.15) is 18.5 Å². The topological polar surface area (TPSA) is 114 Å². The van der Waals surface area contributed by atoms with Crippen molar-refractivity contribution >= 4 is 17.5 Å². The Balaban J connectivity index is 1.40. The number of hydrogen-bond donors (Lipinski definition) is 1. The van der Waals surface area contributed by atoms with Gasteiger partial charge in [-0.05, 0) is 37.1 Å².